The molecule has 3 heterocycles. The van der Waals surface area contributed by atoms with Crippen molar-refractivity contribution in [3.05, 3.63) is 17.5 Å². The number of imide groups is 1. The number of hydrogen-bond acceptors (Lipinski definition) is 5. The standard InChI is InChI=1S/C10H9ClN4O2/c11-7-8(13-2-1-12-7)15-3-5-6(4-15)10(17)14-9(5)16/h1-2,5-6H,3-4H2,(H,14,16,17). The minimum Gasteiger partial charge on any atom is -0.352 e. The van der Waals surface area contributed by atoms with E-state index in [-0.39, 0.29) is 23.7 Å². The molecule has 88 valence electrons. The monoisotopic (exact) mass is 252 g/mol. The molecule has 0 bridgehead atoms. The van der Waals surface area contributed by atoms with Crippen molar-refractivity contribution >= 4 is 29.2 Å². The number of rotatable bonds is 1. The van der Waals surface area contributed by atoms with Gasteiger partial charge in [-0.25, -0.2) is 9.97 Å². The van der Waals surface area contributed by atoms with Gasteiger partial charge < -0.3 is 4.90 Å². The van der Waals surface area contributed by atoms with Crippen molar-refractivity contribution in [3.63, 3.8) is 0 Å². The highest BCUT2D eigenvalue weighted by Crippen LogP contribution is 2.33. The van der Waals surface area contributed by atoms with Gasteiger partial charge in [-0.3, -0.25) is 14.9 Å². The maximum Gasteiger partial charge on any atom is 0.232 e. The van der Waals surface area contributed by atoms with Crippen LogP contribution in [0.15, 0.2) is 12.4 Å². The highest BCUT2D eigenvalue weighted by molar-refractivity contribution is 6.31. The van der Waals surface area contributed by atoms with Crippen molar-refractivity contribution in [1.29, 1.82) is 0 Å². The first kappa shape index (κ1) is 10.5. The molecule has 7 heteroatoms. The molecule has 2 fully saturated rings. The first-order valence-electron chi connectivity index (χ1n) is 5.23. The summed E-state index contributed by atoms with van der Waals surface area (Å²) in [6.07, 6.45) is 3.04. The number of carbonyl (C=O) groups is 2. The molecule has 0 spiro atoms. The number of hydrogen-bond donors (Lipinski definition) is 1. The third kappa shape index (κ3) is 1.56. The number of halogens is 1. The maximum absolute atomic E-state index is 11.5. The fraction of sp³-hybridized carbons (Fsp3) is 0.400. The molecule has 0 saturated carbocycles. The summed E-state index contributed by atoms with van der Waals surface area (Å²) in [5, 5.41) is 2.62. The van der Waals surface area contributed by atoms with Crippen LogP contribution in [0.5, 0.6) is 0 Å². The lowest BCUT2D eigenvalue weighted by molar-refractivity contribution is -0.126. The minimum absolute atomic E-state index is 0.206. The number of carbonyl (C=O) groups excluding carboxylic acids is 2. The Morgan fingerprint density at radius 2 is 1.76 bits per heavy atom. The van der Waals surface area contributed by atoms with Crippen LogP contribution in [0.25, 0.3) is 0 Å². The van der Waals surface area contributed by atoms with Crippen LogP contribution in [0.1, 0.15) is 0 Å². The number of fused-ring (bicyclic) bond motifs is 1. The average molecular weight is 253 g/mol. The molecule has 6 nitrogen and oxygen atoms in total. The molecule has 0 aliphatic carbocycles. The third-order valence-electron chi connectivity index (χ3n) is 3.18. The smallest absolute Gasteiger partial charge is 0.232 e. The zero-order valence-corrected chi connectivity index (χ0v) is 9.52. The van der Waals surface area contributed by atoms with Crippen LogP contribution in [-0.4, -0.2) is 34.9 Å². The van der Waals surface area contributed by atoms with Crippen molar-refractivity contribution < 1.29 is 9.59 Å². The lowest BCUT2D eigenvalue weighted by Crippen LogP contribution is -2.31. The second-order valence-electron chi connectivity index (χ2n) is 4.14. The fourth-order valence-corrected chi connectivity index (χ4v) is 2.57. The van der Waals surface area contributed by atoms with E-state index < -0.39 is 0 Å². The molecular weight excluding hydrogens is 244 g/mol. The normalized spacial score (nSPS) is 27.2. The third-order valence-corrected chi connectivity index (χ3v) is 3.44. The highest BCUT2D eigenvalue weighted by Gasteiger charge is 2.48. The Kier molecular flexibility index (Phi) is 2.25. The second kappa shape index (κ2) is 3.66. The van der Waals surface area contributed by atoms with Gasteiger partial charge in [0.15, 0.2) is 11.0 Å². The van der Waals surface area contributed by atoms with Gasteiger partial charge in [-0.15, -0.1) is 0 Å². The van der Waals surface area contributed by atoms with Gasteiger partial charge in [0.25, 0.3) is 0 Å². The van der Waals surface area contributed by atoms with Crippen molar-refractivity contribution in [1.82, 2.24) is 15.3 Å². The van der Waals surface area contributed by atoms with E-state index >= 15 is 0 Å². The molecule has 3 rings (SSSR count). The molecule has 0 radical (unpaired) electrons. The van der Waals surface area contributed by atoms with Gasteiger partial charge in [0.1, 0.15) is 0 Å². The fourth-order valence-electron chi connectivity index (χ4n) is 2.34. The molecule has 17 heavy (non-hydrogen) atoms. The molecule has 2 aliphatic rings. The molecule has 2 amide bonds. The van der Waals surface area contributed by atoms with E-state index in [0.717, 1.165) is 0 Å². The van der Waals surface area contributed by atoms with Gasteiger partial charge in [-0.2, -0.15) is 0 Å². The number of nitrogens with zero attached hydrogens (tertiary/aromatic N) is 3. The van der Waals surface area contributed by atoms with Crippen molar-refractivity contribution in [2.75, 3.05) is 18.0 Å². The van der Waals surface area contributed by atoms with Gasteiger partial charge in [0.05, 0.1) is 11.8 Å². The quantitative estimate of drug-likeness (QED) is 0.703. The predicted octanol–water partition coefficient (Wildman–Crippen LogP) is -0.161. The Hall–Kier alpha value is -1.69. The van der Waals surface area contributed by atoms with Crippen LogP contribution in [0.4, 0.5) is 5.82 Å². The van der Waals surface area contributed by atoms with Gasteiger partial charge in [0.2, 0.25) is 11.8 Å². The SMILES string of the molecule is O=C1NC(=O)C2CN(c3nccnc3Cl)CC12. The molecule has 2 aliphatic heterocycles. The highest BCUT2D eigenvalue weighted by atomic mass is 35.5. The summed E-state index contributed by atoms with van der Waals surface area (Å²) in [5.41, 5.74) is 0. The van der Waals surface area contributed by atoms with E-state index in [1.165, 1.54) is 12.4 Å². The maximum atomic E-state index is 11.5. The van der Waals surface area contributed by atoms with Gasteiger partial charge >= 0.3 is 0 Å². The summed E-state index contributed by atoms with van der Waals surface area (Å²) >= 11 is 5.93. The second-order valence-corrected chi connectivity index (χ2v) is 4.50. The molecule has 2 saturated heterocycles. The first-order valence-corrected chi connectivity index (χ1v) is 5.61. The van der Waals surface area contributed by atoms with E-state index in [1.54, 1.807) is 0 Å². The lowest BCUT2D eigenvalue weighted by Gasteiger charge is -2.18. The summed E-state index contributed by atoms with van der Waals surface area (Å²) in [6, 6.07) is 0. The van der Waals surface area contributed by atoms with Crippen LogP contribution in [0.2, 0.25) is 5.15 Å². The Morgan fingerprint density at radius 3 is 2.35 bits per heavy atom. The average Bonchev–Trinajstić information content (AvgIpc) is 2.83. The minimum atomic E-state index is -0.291. The number of nitrogens with one attached hydrogen (secondary N) is 1. The van der Waals surface area contributed by atoms with Crippen molar-refractivity contribution in [3.8, 4) is 0 Å². The van der Waals surface area contributed by atoms with Crippen molar-refractivity contribution in [2.45, 2.75) is 0 Å². The largest absolute Gasteiger partial charge is 0.352 e. The Labute approximate surface area is 102 Å². The van der Waals surface area contributed by atoms with Crippen LogP contribution >= 0.6 is 11.6 Å². The van der Waals surface area contributed by atoms with Gasteiger partial charge in [-0.1, -0.05) is 11.6 Å². The van der Waals surface area contributed by atoms with Crippen LogP contribution in [-0.2, 0) is 9.59 Å². The summed E-state index contributed by atoms with van der Waals surface area (Å²) in [7, 11) is 0. The summed E-state index contributed by atoms with van der Waals surface area (Å²) in [4.78, 5) is 32.9. The topological polar surface area (TPSA) is 75.2 Å². The van der Waals surface area contributed by atoms with Crippen LogP contribution in [0, 0.1) is 11.8 Å². The summed E-state index contributed by atoms with van der Waals surface area (Å²) in [6.45, 7) is 0.918. The van der Waals surface area contributed by atoms with E-state index in [1.807, 2.05) is 4.90 Å². The van der Waals surface area contributed by atoms with Crippen LogP contribution in [0.3, 0.4) is 0 Å². The lowest BCUT2D eigenvalue weighted by atomic mass is 10.00. The van der Waals surface area contributed by atoms with E-state index in [4.69, 9.17) is 11.6 Å². The molecular formula is C10H9ClN4O2. The van der Waals surface area contributed by atoms with E-state index in [9.17, 15) is 9.59 Å². The van der Waals surface area contributed by atoms with Crippen LogP contribution < -0.4 is 10.2 Å². The van der Waals surface area contributed by atoms with E-state index in [2.05, 4.69) is 15.3 Å². The van der Waals surface area contributed by atoms with Crippen molar-refractivity contribution in [2.24, 2.45) is 11.8 Å². The van der Waals surface area contributed by atoms with Gasteiger partial charge in [0, 0.05) is 25.5 Å². The number of anilines is 1. The molecule has 0 aromatic carbocycles. The Balaban J connectivity index is 1.88. The Bertz CT molecular complexity index is 485. The zero-order valence-electron chi connectivity index (χ0n) is 8.76. The number of amides is 2. The molecule has 1 aromatic rings. The first-order chi connectivity index (χ1) is 8.16. The molecule has 2 atom stereocenters. The zero-order chi connectivity index (χ0) is 12.0. The molecule has 2 unspecified atom stereocenters. The summed E-state index contributed by atoms with van der Waals surface area (Å²) < 4.78 is 0. The molecule has 1 aromatic heterocycles. The molecule has 1 N–H and O–H groups in total. The Morgan fingerprint density at radius 1 is 1.18 bits per heavy atom. The summed E-state index contributed by atoms with van der Waals surface area (Å²) in [5.74, 6) is -0.463. The van der Waals surface area contributed by atoms with E-state index in [0.29, 0.717) is 24.1 Å². The predicted molar refractivity (Wildman–Crippen MR) is 59.4 cm³/mol. The number of aromatic nitrogens is 2. The van der Waals surface area contributed by atoms with Gasteiger partial charge in [-0.05, 0) is 0 Å².